The van der Waals surface area contributed by atoms with Gasteiger partial charge in [-0.2, -0.15) is 0 Å². The van der Waals surface area contributed by atoms with E-state index >= 15 is 0 Å². The normalized spacial score (nSPS) is 13.8. The van der Waals surface area contributed by atoms with Gasteiger partial charge >= 0.3 is 13.8 Å². The molecule has 0 saturated heterocycles. The molecule has 0 amide bonds. The molecule has 0 fully saturated rings. The zero-order valence-corrected chi connectivity index (χ0v) is 34.1. The number of likely N-dealkylation sites (N-methyl/N-ethyl adjacent to an activating group) is 1. The molecule has 0 aliphatic carbocycles. The highest BCUT2D eigenvalue weighted by molar-refractivity contribution is 7.47. The zero-order chi connectivity index (χ0) is 36.3. The molecule has 0 rings (SSSR count). The highest BCUT2D eigenvalue weighted by Crippen LogP contribution is 2.43. The van der Waals surface area contributed by atoms with E-state index in [4.69, 9.17) is 18.5 Å². The number of nitrogens with zero attached hydrogens (tertiary/aromatic N) is 1. The number of phosphoric ester groups is 1. The summed E-state index contributed by atoms with van der Waals surface area (Å²) in [5, 5.41) is 0. The predicted octanol–water partition coefficient (Wildman–Crippen LogP) is 11.7. The van der Waals surface area contributed by atoms with E-state index in [1.165, 1.54) is 154 Å². The molecule has 0 bridgehead atoms. The molecule has 0 radical (unpaired) electrons. The lowest BCUT2D eigenvalue weighted by atomic mass is 10.0. The molecule has 8 nitrogen and oxygen atoms in total. The van der Waals surface area contributed by atoms with Crippen molar-refractivity contribution in [2.24, 2.45) is 0 Å². The van der Waals surface area contributed by atoms with E-state index < -0.39 is 13.9 Å². The fourth-order valence-electron chi connectivity index (χ4n) is 5.94. The smallest absolute Gasteiger partial charge is 0.457 e. The summed E-state index contributed by atoms with van der Waals surface area (Å²) in [6.07, 6.45) is 36.0. The summed E-state index contributed by atoms with van der Waals surface area (Å²) in [5.41, 5.74) is 0. The maximum atomic E-state index is 12.2. The van der Waals surface area contributed by atoms with Gasteiger partial charge in [0.15, 0.2) is 0 Å². The number of quaternary nitrogens is 1. The van der Waals surface area contributed by atoms with Gasteiger partial charge in [0.1, 0.15) is 19.3 Å². The van der Waals surface area contributed by atoms with Crippen LogP contribution in [0.15, 0.2) is 0 Å². The minimum Gasteiger partial charge on any atom is -0.457 e. The lowest BCUT2D eigenvalue weighted by Gasteiger charge is -2.24. The van der Waals surface area contributed by atoms with Crippen molar-refractivity contribution in [3.05, 3.63) is 0 Å². The molecule has 9 heteroatoms. The summed E-state index contributed by atoms with van der Waals surface area (Å²) in [4.78, 5) is 22.0. The van der Waals surface area contributed by atoms with Gasteiger partial charge in [0.2, 0.25) is 0 Å². The minimum atomic E-state index is -4.23. The van der Waals surface area contributed by atoms with Gasteiger partial charge in [-0.3, -0.25) is 13.8 Å². The van der Waals surface area contributed by atoms with Gasteiger partial charge in [0, 0.05) is 13.0 Å². The Labute approximate surface area is 304 Å². The van der Waals surface area contributed by atoms with Crippen LogP contribution in [-0.4, -0.2) is 75.6 Å². The quantitative estimate of drug-likeness (QED) is 0.0292. The minimum absolute atomic E-state index is 0.0910. The summed E-state index contributed by atoms with van der Waals surface area (Å²) in [6.45, 7) is 5.30. The van der Waals surface area contributed by atoms with Crippen LogP contribution in [-0.2, 0) is 27.9 Å². The topological polar surface area (TPSA) is 91.3 Å². The van der Waals surface area contributed by atoms with E-state index in [-0.39, 0.29) is 32.2 Å². The van der Waals surface area contributed by atoms with Gasteiger partial charge in [0.05, 0.1) is 34.4 Å². The van der Waals surface area contributed by atoms with Crippen LogP contribution >= 0.6 is 7.82 Å². The van der Waals surface area contributed by atoms with E-state index in [2.05, 4.69) is 6.92 Å². The maximum Gasteiger partial charge on any atom is 0.472 e. The molecule has 0 saturated carbocycles. The Bertz CT molecular complexity index is 761. The van der Waals surface area contributed by atoms with Crippen LogP contribution in [0, 0.1) is 0 Å². The Morgan fingerprint density at radius 1 is 0.551 bits per heavy atom. The first kappa shape index (κ1) is 48.5. The molecule has 0 aromatic carbocycles. The average Bonchev–Trinajstić information content (AvgIpc) is 3.04. The molecule has 2 unspecified atom stereocenters. The van der Waals surface area contributed by atoms with Crippen LogP contribution < -0.4 is 0 Å². The van der Waals surface area contributed by atoms with E-state index in [9.17, 15) is 14.3 Å². The van der Waals surface area contributed by atoms with Crippen molar-refractivity contribution in [2.75, 3.05) is 54.1 Å². The second kappa shape index (κ2) is 34.6. The molecule has 294 valence electrons. The van der Waals surface area contributed by atoms with Crippen molar-refractivity contribution in [1.29, 1.82) is 0 Å². The van der Waals surface area contributed by atoms with Crippen molar-refractivity contribution < 1.29 is 37.3 Å². The lowest BCUT2D eigenvalue weighted by Crippen LogP contribution is -2.37. The number of esters is 1. The first-order valence-electron chi connectivity index (χ1n) is 20.8. The molecular weight excluding hydrogens is 637 g/mol. The second-order valence-electron chi connectivity index (χ2n) is 15.4. The summed E-state index contributed by atoms with van der Waals surface area (Å²) in [6, 6.07) is 0. The molecular formula is C40H83NO7P+. The van der Waals surface area contributed by atoms with Crippen molar-refractivity contribution in [1.82, 2.24) is 0 Å². The van der Waals surface area contributed by atoms with Crippen LogP contribution in [0.2, 0.25) is 0 Å². The number of carbonyl (C=O) groups excluding carboxylic acids is 1. The van der Waals surface area contributed by atoms with E-state index in [0.717, 1.165) is 12.8 Å². The monoisotopic (exact) mass is 721 g/mol. The first-order chi connectivity index (χ1) is 23.6. The summed E-state index contributed by atoms with van der Waals surface area (Å²) < 4.78 is 34.2. The fourth-order valence-corrected chi connectivity index (χ4v) is 6.69. The molecule has 1 N–H and O–H groups in total. The van der Waals surface area contributed by atoms with Crippen molar-refractivity contribution in [3.63, 3.8) is 0 Å². The number of hydrogen-bond donors (Lipinski definition) is 1. The molecule has 0 aliphatic heterocycles. The summed E-state index contributed by atoms with van der Waals surface area (Å²) in [5.74, 6) is -0.362. The fraction of sp³-hybridized carbons (Fsp3) is 0.975. The molecule has 49 heavy (non-hydrogen) atoms. The van der Waals surface area contributed by atoms with Crippen LogP contribution in [0.1, 0.15) is 194 Å². The predicted molar refractivity (Wildman–Crippen MR) is 206 cm³/mol. The Kier molecular flexibility index (Phi) is 34.2. The van der Waals surface area contributed by atoms with E-state index in [1.54, 1.807) is 0 Å². The van der Waals surface area contributed by atoms with Crippen LogP contribution in [0.5, 0.6) is 0 Å². The number of phosphoric acid groups is 1. The van der Waals surface area contributed by atoms with Gasteiger partial charge in [-0.25, -0.2) is 4.57 Å². The number of hydrogen-bond acceptors (Lipinski definition) is 6. The highest BCUT2D eigenvalue weighted by Gasteiger charge is 2.26. The third-order valence-corrected chi connectivity index (χ3v) is 10.1. The molecule has 0 spiro atoms. The Morgan fingerprint density at radius 3 is 1.31 bits per heavy atom. The molecule has 0 aromatic heterocycles. The molecule has 2 atom stereocenters. The highest BCUT2D eigenvalue weighted by atomic mass is 31.2. The van der Waals surface area contributed by atoms with Crippen molar-refractivity contribution in [3.8, 4) is 0 Å². The summed E-state index contributed by atoms with van der Waals surface area (Å²) >= 11 is 0. The molecule has 0 heterocycles. The van der Waals surface area contributed by atoms with Gasteiger partial charge < -0.3 is 18.9 Å². The maximum absolute atomic E-state index is 12.2. The van der Waals surface area contributed by atoms with Crippen molar-refractivity contribution in [2.45, 2.75) is 200 Å². The largest absolute Gasteiger partial charge is 0.472 e. The SMILES string of the molecule is CCCCCCCCCCCCCCCCCCCCCCCCCCCCOCC(COP(=O)(O)OCC[N+](C)(C)C)OC(=O)CCC. The Hall–Kier alpha value is -0.500. The number of rotatable bonds is 39. The number of unbranched alkanes of at least 4 members (excludes halogenated alkanes) is 25. The van der Waals surface area contributed by atoms with Crippen molar-refractivity contribution >= 4 is 13.8 Å². The zero-order valence-electron chi connectivity index (χ0n) is 33.2. The Balaban J connectivity index is 3.61. The van der Waals surface area contributed by atoms with Gasteiger partial charge in [-0.15, -0.1) is 0 Å². The Morgan fingerprint density at radius 2 is 0.939 bits per heavy atom. The molecule has 0 aliphatic rings. The van der Waals surface area contributed by atoms with Crippen LogP contribution in [0.3, 0.4) is 0 Å². The third-order valence-electron chi connectivity index (χ3n) is 9.14. The van der Waals surface area contributed by atoms with Crippen LogP contribution in [0.4, 0.5) is 0 Å². The number of carbonyl (C=O) groups is 1. The van der Waals surface area contributed by atoms with Gasteiger partial charge in [-0.05, 0) is 12.8 Å². The van der Waals surface area contributed by atoms with Gasteiger partial charge in [0.25, 0.3) is 0 Å². The summed E-state index contributed by atoms with van der Waals surface area (Å²) in [7, 11) is 1.67. The lowest BCUT2D eigenvalue weighted by molar-refractivity contribution is -0.870. The molecule has 0 aromatic rings. The van der Waals surface area contributed by atoms with E-state index in [0.29, 0.717) is 24.1 Å². The number of ether oxygens (including phenoxy) is 2. The standard InChI is InChI=1S/C40H82NO7P/c1-6-8-9-10-11-12-13-14-15-16-17-18-19-20-21-22-23-24-25-26-27-28-29-30-31-32-35-45-37-39(48-40(42)33-7-2)38-47-49(43,44)46-36-34-41(3,4)5/h39H,6-38H2,1-5H3/p+1. The van der Waals surface area contributed by atoms with E-state index in [1.807, 2.05) is 28.1 Å². The van der Waals surface area contributed by atoms with Crippen LogP contribution in [0.25, 0.3) is 0 Å². The first-order valence-corrected chi connectivity index (χ1v) is 22.3. The second-order valence-corrected chi connectivity index (χ2v) is 16.8. The third kappa shape index (κ3) is 38.6. The van der Waals surface area contributed by atoms with Gasteiger partial charge in [-0.1, -0.05) is 174 Å². The average molecular weight is 721 g/mol.